The molecule has 0 aliphatic carbocycles. The molecule has 11 heteroatoms. The highest BCUT2D eigenvalue weighted by molar-refractivity contribution is 4.93. The van der Waals surface area contributed by atoms with Gasteiger partial charge < -0.3 is 55.1 Å². The van der Waals surface area contributed by atoms with Gasteiger partial charge in [0.25, 0.3) is 0 Å². The SMILES string of the molecule is OC[C@@H]1O[C@@H](O)[C@H](O[C@H]2O[C@@H](CO)[C@@H](O)[C@@H](O)[C@H]2O)[C@@H](O)[C@H]1O. The molecule has 0 bridgehead atoms. The summed E-state index contributed by atoms with van der Waals surface area (Å²) in [7, 11) is 0. The minimum Gasteiger partial charge on any atom is -0.394 e. The average molecular weight is 342 g/mol. The van der Waals surface area contributed by atoms with Gasteiger partial charge in [-0.15, -0.1) is 0 Å². The summed E-state index contributed by atoms with van der Waals surface area (Å²) in [6.07, 6.45) is -15.6. The van der Waals surface area contributed by atoms with E-state index in [1.165, 1.54) is 0 Å². The highest BCUT2D eigenvalue weighted by Crippen LogP contribution is 2.28. The fraction of sp³-hybridized carbons (Fsp3) is 1.00. The summed E-state index contributed by atoms with van der Waals surface area (Å²) in [5.41, 5.74) is 0. The summed E-state index contributed by atoms with van der Waals surface area (Å²) in [6, 6.07) is 0. The number of rotatable bonds is 4. The van der Waals surface area contributed by atoms with E-state index in [9.17, 15) is 30.6 Å². The molecule has 2 aliphatic heterocycles. The zero-order valence-corrected chi connectivity index (χ0v) is 12.0. The van der Waals surface area contributed by atoms with Crippen molar-refractivity contribution in [1.29, 1.82) is 0 Å². The van der Waals surface area contributed by atoms with Crippen molar-refractivity contribution in [2.24, 2.45) is 0 Å². The molecule has 11 nitrogen and oxygen atoms in total. The molecule has 136 valence electrons. The van der Waals surface area contributed by atoms with E-state index in [0.717, 1.165) is 0 Å². The Bertz CT molecular complexity index is 380. The van der Waals surface area contributed by atoms with E-state index in [2.05, 4.69) is 0 Å². The van der Waals surface area contributed by atoms with Gasteiger partial charge in [0.1, 0.15) is 48.8 Å². The summed E-state index contributed by atoms with van der Waals surface area (Å²) < 4.78 is 15.1. The molecule has 2 heterocycles. The summed E-state index contributed by atoms with van der Waals surface area (Å²) in [5.74, 6) is 0. The van der Waals surface area contributed by atoms with Crippen molar-refractivity contribution < 1.29 is 55.1 Å². The molecule has 0 radical (unpaired) electrons. The molecule has 0 amide bonds. The van der Waals surface area contributed by atoms with Gasteiger partial charge in [0.05, 0.1) is 13.2 Å². The fourth-order valence-electron chi connectivity index (χ4n) is 2.55. The first kappa shape index (κ1) is 18.9. The lowest BCUT2D eigenvalue weighted by Crippen LogP contribution is -2.64. The lowest BCUT2D eigenvalue weighted by molar-refractivity contribution is -0.361. The van der Waals surface area contributed by atoms with Gasteiger partial charge in [-0.1, -0.05) is 0 Å². The predicted octanol–water partition coefficient (Wildman–Crippen LogP) is -5.40. The minimum absolute atomic E-state index is 0.651. The van der Waals surface area contributed by atoms with E-state index < -0.39 is 74.6 Å². The largest absolute Gasteiger partial charge is 0.394 e. The zero-order chi connectivity index (χ0) is 17.3. The maximum absolute atomic E-state index is 9.94. The first-order valence-electron chi connectivity index (χ1n) is 7.08. The van der Waals surface area contributed by atoms with Crippen molar-refractivity contribution >= 4 is 0 Å². The normalized spacial score (nSPS) is 51.7. The second-order valence-corrected chi connectivity index (χ2v) is 5.53. The van der Waals surface area contributed by atoms with Crippen LogP contribution >= 0.6 is 0 Å². The van der Waals surface area contributed by atoms with Crippen molar-refractivity contribution in [3.8, 4) is 0 Å². The molecule has 0 aromatic rings. The second kappa shape index (κ2) is 7.63. The molecular formula is C12H22O11. The van der Waals surface area contributed by atoms with Gasteiger partial charge in [0.15, 0.2) is 12.6 Å². The molecule has 2 saturated heterocycles. The minimum atomic E-state index is -1.75. The van der Waals surface area contributed by atoms with E-state index >= 15 is 0 Å². The van der Waals surface area contributed by atoms with Crippen LogP contribution in [0.1, 0.15) is 0 Å². The van der Waals surface area contributed by atoms with Gasteiger partial charge in [0.2, 0.25) is 0 Å². The van der Waals surface area contributed by atoms with Crippen LogP contribution in [0.25, 0.3) is 0 Å². The Kier molecular flexibility index (Phi) is 6.27. The number of aliphatic hydroxyl groups excluding tert-OH is 8. The van der Waals surface area contributed by atoms with Crippen LogP contribution in [0.15, 0.2) is 0 Å². The quantitative estimate of drug-likeness (QED) is 0.243. The Morgan fingerprint density at radius 3 is 1.74 bits per heavy atom. The van der Waals surface area contributed by atoms with Gasteiger partial charge in [-0.25, -0.2) is 0 Å². The lowest BCUT2D eigenvalue weighted by Gasteiger charge is -2.44. The third-order valence-electron chi connectivity index (χ3n) is 3.98. The van der Waals surface area contributed by atoms with E-state index in [1.807, 2.05) is 0 Å². The molecule has 23 heavy (non-hydrogen) atoms. The van der Waals surface area contributed by atoms with E-state index in [0.29, 0.717) is 0 Å². The van der Waals surface area contributed by atoms with Gasteiger partial charge in [0, 0.05) is 0 Å². The van der Waals surface area contributed by atoms with Gasteiger partial charge in [-0.3, -0.25) is 0 Å². The first-order valence-corrected chi connectivity index (χ1v) is 7.08. The summed E-state index contributed by atoms with van der Waals surface area (Å²) in [4.78, 5) is 0. The summed E-state index contributed by atoms with van der Waals surface area (Å²) in [6.45, 7) is -1.33. The number of aliphatic hydroxyl groups is 8. The fourth-order valence-corrected chi connectivity index (χ4v) is 2.55. The van der Waals surface area contributed by atoms with Crippen LogP contribution in [-0.4, -0.2) is 115 Å². The smallest absolute Gasteiger partial charge is 0.187 e. The van der Waals surface area contributed by atoms with Crippen molar-refractivity contribution in [2.45, 2.75) is 61.4 Å². The number of hydrogen-bond donors (Lipinski definition) is 8. The van der Waals surface area contributed by atoms with Crippen molar-refractivity contribution in [3.05, 3.63) is 0 Å². The highest BCUT2D eigenvalue weighted by Gasteiger charge is 2.50. The Hall–Kier alpha value is -0.440. The molecule has 2 fully saturated rings. The topological polar surface area (TPSA) is 190 Å². The van der Waals surface area contributed by atoms with Crippen molar-refractivity contribution in [3.63, 3.8) is 0 Å². The maximum Gasteiger partial charge on any atom is 0.187 e. The van der Waals surface area contributed by atoms with Crippen LogP contribution in [0.3, 0.4) is 0 Å². The molecule has 2 rings (SSSR count). The van der Waals surface area contributed by atoms with Crippen LogP contribution in [0.4, 0.5) is 0 Å². The third-order valence-corrected chi connectivity index (χ3v) is 3.98. The van der Waals surface area contributed by atoms with Crippen LogP contribution in [0, 0.1) is 0 Å². The van der Waals surface area contributed by atoms with Crippen LogP contribution in [0.2, 0.25) is 0 Å². The van der Waals surface area contributed by atoms with Gasteiger partial charge >= 0.3 is 0 Å². The lowest BCUT2D eigenvalue weighted by atomic mass is 9.97. The predicted molar refractivity (Wildman–Crippen MR) is 68.6 cm³/mol. The summed E-state index contributed by atoms with van der Waals surface area (Å²) in [5, 5.41) is 76.7. The van der Waals surface area contributed by atoms with Crippen molar-refractivity contribution in [2.75, 3.05) is 13.2 Å². The van der Waals surface area contributed by atoms with Crippen LogP contribution in [0.5, 0.6) is 0 Å². The molecule has 2 aliphatic rings. The molecule has 0 saturated carbocycles. The Morgan fingerprint density at radius 2 is 1.17 bits per heavy atom. The molecule has 10 atom stereocenters. The second-order valence-electron chi connectivity index (χ2n) is 5.53. The molecule has 0 aromatic carbocycles. The molecule has 8 N–H and O–H groups in total. The van der Waals surface area contributed by atoms with Gasteiger partial charge in [-0.2, -0.15) is 0 Å². The van der Waals surface area contributed by atoms with Crippen molar-refractivity contribution in [1.82, 2.24) is 0 Å². The average Bonchev–Trinajstić information content (AvgIpc) is 2.54. The van der Waals surface area contributed by atoms with Gasteiger partial charge in [-0.05, 0) is 0 Å². The Balaban J connectivity index is 2.08. The first-order chi connectivity index (χ1) is 10.8. The Morgan fingerprint density at radius 1 is 0.652 bits per heavy atom. The third kappa shape index (κ3) is 3.65. The van der Waals surface area contributed by atoms with Crippen LogP contribution in [-0.2, 0) is 14.2 Å². The Labute approximate surface area is 130 Å². The molecule has 0 spiro atoms. The molecule has 0 aromatic heterocycles. The number of ether oxygens (including phenoxy) is 3. The number of hydrogen-bond acceptors (Lipinski definition) is 11. The van der Waals surface area contributed by atoms with Crippen LogP contribution < -0.4 is 0 Å². The monoisotopic (exact) mass is 342 g/mol. The molecular weight excluding hydrogens is 320 g/mol. The molecule has 0 unspecified atom stereocenters. The highest BCUT2D eigenvalue weighted by atomic mass is 16.7. The standard InChI is InChI=1S/C12H22O11/c13-1-3-6(16)8(18)10(11(20)21-3)23-12-9(19)7(17)5(15)4(2-14)22-12/h3-20H,1-2H2/t3-,4-,5+,6-,7+,8-,9+,10+,11+,12+/m0/s1. The van der Waals surface area contributed by atoms with E-state index in [-0.39, 0.29) is 0 Å². The summed E-state index contributed by atoms with van der Waals surface area (Å²) >= 11 is 0. The van der Waals surface area contributed by atoms with E-state index in [1.54, 1.807) is 0 Å². The maximum atomic E-state index is 9.94. The zero-order valence-electron chi connectivity index (χ0n) is 12.0. The van der Waals surface area contributed by atoms with E-state index in [4.69, 9.17) is 24.4 Å².